The average molecular weight is 320 g/mol. The van der Waals surface area contributed by atoms with Crippen LogP contribution in [0, 0.1) is 0 Å². The molecule has 122 valence electrons. The molecular formula is C13H24N2O5S. The molecule has 1 N–H and O–H groups in total. The fraction of sp³-hybridized carbons (Fsp3) is 0.923. The van der Waals surface area contributed by atoms with Crippen molar-refractivity contribution in [2.45, 2.75) is 37.8 Å². The first kappa shape index (κ1) is 16.7. The van der Waals surface area contributed by atoms with Crippen LogP contribution >= 0.6 is 0 Å². The van der Waals surface area contributed by atoms with Crippen LogP contribution < -0.4 is 5.32 Å². The van der Waals surface area contributed by atoms with E-state index in [0.29, 0.717) is 32.5 Å². The number of ether oxygens (including phenoxy) is 2. The molecule has 0 bridgehead atoms. The van der Waals surface area contributed by atoms with Gasteiger partial charge in [-0.25, -0.2) is 12.7 Å². The van der Waals surface area contributed by atoms with Crippen LogP contribution in [0.15, 0.2) is 0 Å². The summed E-state index contributed by atoms with van der Waals surface area (Å²) in [5.41, 5.74) is 0. The van der Waals surface area contributed by atoms with Crippen LogP contribution in [0.2, 0.25) is 0 Å². The zero-order valence-electron chi connectivity index (χ0n) is 12.4. The second-order valence-electron chi connectivity index (χ2n) is 5.49. The minimum atomic E-state index is -3.24. The van der Waals surface area contributed by atoms with Crippen molar-refractivity contribution in [3.63, 3.8) is 0 Å². The second-order valence-corrected chi connectivity index (χ2v) is 7.58. The van der Waals surface area contributed by atoms with Gasteiger partial charge in [0.05, 0.1) is 12.4 Å². The molecule has 2 fully saturated rings. The molecule has 0 aromatic rings. The highest BCUT2D eigenvalue weighted by atomic mass is 32.2. The van der Waals surface area contributed by atoms with Gasteiger partial charge in [-0.1, -0.05) is 0 Å². The maximum absolute atomic E-state index is 12.0. The molecular weight excluding hydrogens is 296 g/mol. The van der Waals surface area contributed by atoms with E-state index in [1.54, 1.807) is 0 Å². The molecule has 7 nitrogen and oxygen atoms in total. The van der Waals surface area contributed by atoms with Gasteiger partial charge in [0.25, 0.3) is 0 Å². The monoisotopic (exact) mass is 320 g/mol. The van der Waals surface area contributed by atoms with E-state index in [2.05, 4.69) is 5.32 Å². The minimum absolute atomic E-state index is 0.0104. The summed E-state index contributed by atoms with van der Waals surface area (Å²) in [5, 5.41) is 2.97. The van der Waals surface area contributed by atoms with Crippen LogP contribution in [0.5, 0.6) is 0 Å². The highest BCUT2D eigenvalue weighted by molar-refractivity contribution is 7.89. The number of sulfonamides is 1. The summed E-state index contributed by atoms with van der Waals surface area (Å²) >= 11 is 0. The van der Waals surface area contributed by atoms with Crippen molar-refractivity contribution in [2.75, 3.05) is 39.2 Å². The van der Waals surface area contributed by atoms with Crippen molar-refractivity contribution in [1.82, 2.24) is 9.62 Å². The van der Waals surface area contributed by atoms with E-state index in [0.717, 1.165) is 12.8 Å². The van der Waals surface area contributed by atoms with Gasteiger partial charge in [0.2, 0.25) is 15.9 Å². The topological polar surface area (TPSA) is 84.9 Å². The Bertz CT molecular complexity index is 439. The Balaban J connectivity index is 1.76. The van der Waals surface area contributed by atoms with Gasteiger partial charge in [-0.05, 0) is 25.7 Å². The van der Waals surface area contributed by atoms with Crippen LogP contribution in [-0.4, -0.2) is 69.9 Å². The predicted molar refractivity (Wildman–Crippen MR) is 77.4 cm³/mol. The van der Waals surface area contributed by atoms with Gasteiger partial charge in [-0.2, -0.15) is 0 Å². The summed E-state index contributed by atoms with van der Waals surface area (Å²) in [6, 6.07) is 0.0376. The lowest BCUT2D eigenvalue weighted by Crippen LogP contribution is -2.49. The normalized spacial score (nSPS) is 25.1. The first-order chi connectivity index (χ1) is 10.0. The average Bonchev–Trinajstić information content (AvgIpc) is 3.00. The largest absolute Gasteiger partial charge is 0.384 e. The van der Waals surface area contributed by atoms with Gasteiger partial charge in [0.1, 0.15) is 6.10 Å². The van der Waals surface area contributed by atoms with Crippen molar-refractivity contribution in [1.29, 1.82) is 0 Å². The minimum Gasteiger partial charge on any atom is -0.384 e. The summed E-state index contributed by atoms with van der Waals surface area (Å²) in [5.74, 6) is -0.0515. The lowest BCUT2D eigenvalue weighted by Gasteiger charge is -2.32. The lowest BCUT2D eigenvalue weighted by atomic mass is 10.1. The number of piperidine rings is 1. The van der Waals surface area contributed by atoms with Gasteiger partial charge in [0.15, 0.2) is 0 Å². The van der Waals surface area contributed by atoms with Crippen molar-refractivity contribution >= 4 is 15.9 Å². The number of nitrogens with zero attached hydrogens (tertiary/aromatic N) is 1. The summed E-state index contributed by atoms with van der Waals surface area (Å²) < 4.78 is 35.7. The van der Waals surface area contributed by atoms with Gasteiger partial charge in [-0.15, -0.1) is 0 Å². The molecule has 0 aliphatic carbocycles. The molecule has 1 atom stereocenters. The number of hydrogen-bond acceptors (Lipinski definition) is 5. The lowest BCUT2D eigenvalue weighted by molar-refractivity contribution is -0.131. The molecule has 0 aromatic carbocycles. The zero-order valence-corrected chi connectivity index (χ0v) is 13.2. The second kappa shape index (κ2) is 7.53. The quantitative estimate of drug-likeness (QED) is 0.728. The molecule has 0 saturated carbocycles. The molecule has 2 rings (SSSR count). The Kier molecular flexibility index (Phi) is 5.98. The van der Waals surface area contributed by atoms with Crippen LogP contribution in [0.3, 0.4) is 0 Å². The molecule has 2 saturated heterocycles. The standard InChI is InChI=1S/C13H24N2O5S/c1-19-9-10-21(17,18)15-6-4-11(5-7-15)14-13(16)12-3-2-8-20-12/h11-12H,2-10H2,1H3,(H,14,16)/t12-/m1/s1. The van der Waals surface area contributed by atoms with Crippen molar-refractivity contribution in [2.24, 2.45) is 0 Å². The van der Waals surface area contributed by atoms with Crippen molar-refractivity contribution in [3.05, 3.63) is 0 Å². The van der Waals surface area contributed by atoms with Crippen molar-refractivity contribution in [3.8, 4) is 0 Å². The molecule has 0 aromatic heterocycles. The molecule has 21 heavy (non-hydrogen) atoms. The molecule has 0 radical (unpaired) electrons. The number of carbonyl (C=O) groups is 1. The van der Waals surface area contributed by atoms with Crippen LogP contribution in [0.1, 0.15) is 25.7 Å². The van der Waals surface area contributed by atoms with E-state index in [-0.39, 0.29) is 30.4 Å². The van der Waals surface area contributed by atoms with E-state index >= 15 is 0 Å². The molecule has 0 spiro atoms. The Labute approximate surface area is 126 Å². The number of hydrogen-bond donors (Lipinski definition) is 1. The van der Waals surface area contributed by atoms with Crippen LogP contribution in [0.4, 0.5) is 0 Å². The van der Waals surface area contributed by atoms with Crippen molar-refractivity contribution < 1.29 is 22.7 Å². The highest BCUT2D eigenvalue weighted by Crippen LogP contribution is 2.17. The Morgan fingerprint density at radius 1 is 1.33 bits per heavy atom. The summed E-state index contributed by atoms with van der Waals surface area (Å²) in [6.45, 7) is 1.75. The predicted octanol–water partition coefficient (Wildman–Crippen LogP) is -0.278. The summed E-state index contributed by atoms with van der Waals surface area (Å²) in [6.07, 6.45) is 2.66. The van der Waals surface area contributed by atoms with Gasteiger partial charge in [-0.3, -0.25) is 4.79 Å². The molecule has 2 aliphatic rings. The Morgan fingerprint density at radius 3 is 2.62 bits per heavy atom. The number of carbonyl (C=O) groups excluding carboxylic acids is 1. The van der Waals surface area contributed by atoms with E-state index in [1.165, 1.54) is 11.4 Å². The fourth-order valence-electron chi connectivity index (χ4n) is 2.67. The third-order valence-corrected chi connectivity index (χ3v) is 5.80. The van der Waals surface area contributed by atoms with E-state index in [9.17, 15) is 13.2 Å². The maximum Gasteiger partial charge on any atom is 0.249 e. The van der Waals surface area contributed by atoms with E-state index in [4.69, 9.17) is 9.47 Å². The third kappa shape index (κ3) is 4.64. The number of methoxy groups -OCH3 is 1. The zero-order chi connectivity index (χ0) is 15.3. The highest BCUT2D eigenvalue weighted by Gasteiger charge is 2.30. The Morgan fingerprint density at radius 2 is 2.05 bits per heavy atom. The van der Waals surface area contributed by atoms with E-state index < -0.39 is 10.0 Å². The number of nitrogens with one attached hydrogen (secondary N) is 1. The molecule has 2 heterocycles. The first-order valence-electron chi connectivity index (χ1n) is 7.41. The maximum atomic E-state index is 12.0. The molecule has 1 amide bonds. The third-order valence-electron chi connectivity index (χ3n) is 3.96. The number of amides is 1. The van der Waals surface area contributed by atoms with Crippen LogP contribution in [0.25, 0.3) is 0 Å². The SMILES string of the molecule is COCCS(=O)(=O)N1CCC(NC(=O)[C@H]2CCCO2)CC1. The molecule has 0 unspecified atom stereocenters. The summed E-state index contributed by atoms with van der Waals surface area (Å²) in [4.78, 5) is 11.9. The summed E-state index contributed by atoms with van der Waals surface area (Å²) in [7, 11) is -1.75. The van der Waals surface area contributed by atoms with Gasteiger partial charge in [0, 0.05) is 32.8 Å². The molecule has 8 heteroatoms. The van der Waals surface area contributed by atoms with Gasteiger partial charge >= 0.3 is 0 Å². The smallest absolute Gasteiger partial charge is 0.249 e. The fourth-order valence-corrected chi connectivity index (χ4v) is 4.08. The number of rotatable bonds is 6. The van der Waals surface area contributed by atoms with Crippen LogP contribution in [-0.2, 0) is 24.3 Å². The van der Waals surface area contributed by atoms with E-state index in [1.807, 2.05) is 0 Å². The first-order valence-corrected chi connectivity index (χ1v) is 9.02. The molecule has 2 aliphatic heterocycles. The van der Waals surface area contributed by atoms with Gasteiger partial charge < -0.3 is 14.8 Å². The Hall–Kier alpha value is -0.700.